The Balaban J connectivity index is 0. The van der Waals surface area contributed by atoms with Crippen molar-refractivity contribution in [2.75, 3.05) is 20.6 Å². The molecule has 0 aliphatic heterocycles. The summed E-state index contributed by atoms with van der Waals surface area (Å²) >= 11 is 0. The maximum Gasteiger partial charge on any atom is 0.306 e. The Morgan fingerprint density at radius 2 is 1.93 bits per heavy atom. The molecular weight excluding hydrogens is 237 g/mol. The molecule has 3 nitrogen and oxygen atoms in total. The topological polar surface area (TPSA) is 40.5 Å². The van der Waals surface area contributed by atoms with Crippen LogP contribution in [0, 0.1) is 11.8 Å². The van der Waals surface area contributed by atoms with Gasteiger partial charge in [0.15, 0.2) is 0 Å². The number of nitrogens with zero attached hydrogens (tertiary/aromatic N) is 1. The van der Waals surface area contributed by atoms with Crippen LogP contribution in [-0.4, -0.2) is 36.6 Å². The first-order chi connectivity index (χ1) is 6.09. The SMILES string of the molecule is CN(C)CC1CCCC(C(=O)O)C1.Cl.Cl. The minimum atomic E-state index is -0.608. The monoisotopic (exact) mass is 257 g/mol. The van der Waals surface area contributed by atoms with Crippen LogP contribution in [0.25, 0.3) is 0 Å². The smallest absolute Gasteiger partial charge is 0.306 e. The van der Waals surface area contributed by atoms with Gasteiger partial charge in [-0.15, -0.1) is 24.8 Å². The van der Waals surface area contributed by atoms with E-state index in [1.165, 1.54) is 6.42 Å². The largest absolute Gasteiger partial charge is 0.481 e. The van der Waals surface area contributed by atoms with E-state index in [4.69, 9.17) is 5.11 Å². The van der Waals surface area contributed by atoms with Gasteiger partial charge in [-0.1, -0.05) is 6.42 Å². The van der Waals surface area contributed by atoms with Crippen LogP contribution >= 0.6 is 24.8 Å². The first kappa shape index (κ1) is 17.4. The van der Waals surface area contributed by atoms with Crippen molar-refractivity contribution in [3.05, 3.63) is 0 Å². The van der Waals surface area contributed by atoms with Crippen LogP contribution in [0.1, 0.15) is 25.7 Å². The molecule has 92 valence electrons. The number of carbonyl (C=O) groups is 1. The Morgan fingerprint density at radius 3 is 2.40 bits per heavy atom. The molecule has 0 radical (unpaired) electrons. The first-order valence-corrected chi connectivity index (χ1v) is 4.97. The molecule has 0 amide bonds. The van der Waals surface area contributed by atoms with Crippen molar-refractivity contribution in [1.29, 1.82) is 0 Å². The molecule has 1 fully saturated rings. The second kappa shape index (κ2) is 8.20. The molecule has 1 rings (SSSR count). The van der Waals surface area contributed by atoms with Crippen molar-refractivity contribution in [2.45, 2.75) is 25.7 Å². The Bertz CT molecular complexity index is 188. The van der Waals surface area contributed by atoms with Crippen LogP contribution in [0.15, 0.2) is 0 Å². The van der Waals surface area contributed by atoms with Gasteiger partial charge in [-0.3, -0.25) is 4.79 Å². The lowest BCUT2D eigenvalue weighted by Crippen LogP contribution is -2.29. The van der Waals surface area contributed by atoms with Crippen molar-refractivity contribution in [3.8, 4) is 0 Å². The lowest BCUT2D eigenvalue weighted by molar-refractivity contribution is -0.143. The van der Waals surface area contributed by atoms with E-state index in [2.05, 4.69) is 4.90 Å². The van der Waals surface area contributed by atoms with Gasteiger partial charge in [-0.25, -0.2) is 0 Å². The maximum atomic E-state index is 10.8. The molecule has 15 heavy (non-hydrogen) atoms. The molecule has 1 aliphatic rings. The summed E-state index contributed by atoms with van der Waals surface area (Å²) in [6, 6.07) is 0. The van der Waals surface area contributed by atoms with E-state index >= 15 is 0 Å². The van der Waals surface area contributed by atoms with E-state index in [0.717, 1.165) is 25.8 Å². The predicted molar refractivity (Wildman–Crippen MR) is 66.1 cm³/mol. The van der Waals surface area contributed by atoms with Gasteiger partial charge < -0.3 is 10.0 Å². The fraction of sp³-hybridized carbons (Fsp3) is 0.900. The molecule has 1 saturated carbocycles. The highest BCUT2D eigenvalue weighted by atomic mass is 35.5. The normalized spacial score (nSPS) is 25.3. The highest BCUT2D eigenvalue weighted by molar-refractivity contribution is 5.85. The summed E-state index contributed by atoms with van der Waals surface area (Å²) in [4.78, 5) is 12.9. The van der Waals surface area contributed by atoms with Crippen molar-refractivity contribution in [1.82, 2.24) is 4.90 Å². The molecule has 0 spiro atoms. The number of rotatable bonds is 3. The molecule has 0 bridgehead atoms. The number of carboxylic acids is 1. The second-order valence-corrected chi connectivity index (χ2v) is 4.33. The average molecular weight is 258 g/mol. The molecule has 0 aromatic heterocycles. The zero-order valence-electron chi connectivity index (χ0n) is 9.31. The fourth-order valence-corrected chi connectivity index (χ4v) is 2.20. The fourth-order valence-electron chi connectivity index (χ4n) is 2.20. The van der Waals surface area contributed by atoms with Gasteiger partial charge in [0.05, 0.1) is 5.92 Å². The van der Waals surface area contributed by atoms with Gasteiger partial charge in [0.2, 0.25) is 0 Å². The van der Waals surface area contributed by atoms with Crippen molar-refractivity contribution in [3.63, 3.8) is 0 Å². The molecule has 5 heteroatoms. The number of carboxylic acid groups (broad SMARTS) is 1. The molecule has 2 atom stereocenters. The van der Waals surface area contributed by atoms with E-state index in [1.807, 2.05) is 14.1 Å². The summed E-state index contributed by atoms with van der Waals surface area (Å²) < 4.78 is 0. The summed E-state index contributed by atoms with van der Waals surface area (Å²) in [5.41, 5.74) is 0. The van der Waals surface area contributed by atoms with Gasteiger partial charge >= 0.3 is 5.97 Å². The molecule has 0 aromatic rings. The molecular formula is C10H21Cl2NO2. The van der Waals surface area contributed by atoms with Crippen LogP contribution in [0.3, 0.4) is 0 Å². The van der Waals surface area contributed by atoms with Crippen LogP contribution in [0.5, 0.6) is 0 Å². The highest BCUT2D eigenvalue weighted by Crippen LogP contribution is 2.29. The Labute approximate surface area is 104 Å². The molecule has 1 aliphatic carbocycles. The summed E-state index contributed by atoms with van der Waals surface area (Å²) in [6.45, 7) is 1.03. The van der Waals surface area contributed by atoms with Crippen LogP contribution in [-0.2, 0) is 4.79 Å². The molecule has 0 heterocycles. The quantitative estimate of drug-likeness (QED) is 0.844. The molecule has 2 unspecified atom stereocenters. The van der Waals surface area contributed by atoms with Crippen molar-refractivity contribution < 1.29 is 9.90 Å². The molecule has 0 aromatic carbocycles. The standard InChI is InChI=1S/C10H19NO2.2ClH/c1-11(2)7-8-4-3-5-9(6-8)10(12)13;;/h8-9H,3-7H2,1-2H3,(H,12,13);2*1H. The predicted octanol–water partition coefficient (Wildman–Crippen LogP) is 2.28. The summed E-state index contributed by atoms with van der Waals surface area (Å²) in [5, 5.41) is 8.88. The third kappa shape index (κ3) is 6.23. The maximum absolute atomic E-state index is 10.8. The van der Waals surface area contributed by atoms with Gasteiger partial charge in [-0.2, -0.15) is 0 Å². The molecule has 0 saturated heterocycles. The van der Waals surface area contributed by atoms with Crippen molar-refractivity contribution >= 4 is 30.8 Å². The van der Waals surface area contributed by atoms with Gasteiger partial charge in [0, 0.05) is 6.54 Å². The van der Waals surface area contributed by atoms with Crippen LogP contribution < -0.4 is 0 Å². The Morgan fingerprint density at radius 1 is 1.33 bits per heavy atom. The van der Waals surface area contributed by atoms with E-state index in [0.29, 0.717) is 5.92 Å². The van der Waals surface area contributed by atoms with Crippen LogP contribution in [0.2, 0.25) is 0 Å². The van der Waals surface area contributed by atoms with Gasteiger partial charge in [0.1, 0.15) is 0 Å². The summed E-state index contributed by atoms with van der Waals surface area (Å²) in [6.07, 6.45) is 4.02. The minimum absolute atomic E-state index is 0. The highest BCUT2D eigenvalue weighted by Gasteiger charge is 2.26. The van der Waals surface area contributed by atoms with Gasteiger partial charge in [0.25, 0.3) is 0 Å². The zero-order valence-corrected chi connectivity index (χ0v) is 10.9. The number of aliphatic carboxylic acids is 1. The summed E-state index contributed by atoms with van der Waals surface area (Å²) in [5.74, 6) is -0.105. The lowest BCUT2D eigenvalue weighted by Gasteiger charge is -2.28. The second-order valence-electron chi connectivity index (χ2n) is 4.33. The third-order valence-electron chi connectivity index (χ3n) is 2.76. The number of hydrogen-bond donors (Lipinski definition) is 1. The van der Waals surface area contributed by atoms with E-state index in [-0.39, 0.29) is 30.7 Å². The van der Waals surface area contributed by atoms with E-state index in [1.54, 1.807) is 0 Å². The van der Waals surface area contributed by atoms with Crippen LogP contribution in [0.4, 0.5) is 0 Å². The minimum Gasteiger partial charge on any atom is -0.481 e. The number of halogens is 2. The Hall–Kier alpha value is 0.01000. The van der Waals surface area contributed by atoms with Gasteiger partial charge in [-0.05, 0) is 39.3 Å². The zero-order chi connectivity index (χ0) is 9.84. The van der Waals surface area contributed by atoms with E-state index < -0.39 is 5.97 Å². The number of hydrogen-bond acceptors (Lipinski definition) is 2. The van der Waals surface area contributed by atoms with Crippen molar-refractivity contribution in [2.24, 2.45) is 11.8 Å². The molecule has 1 N–H and O–H groups in total. The van der Waals surface area contributed by atoms with E-state index in [9.17, 15) is 4.79 Å². The summed E-state index contributed by atoms with van der Waals surface area (Å²) in [7, 11) is 4.09. The third-order valence-corrected chi connectivity index (χ3v) is 2.76. The first-order valence-electron chi connectivity index (χ1n) is 4.97. The average Bonchev–Trinajstić information content (AvgIpc) is 2.03. The Kier molecular flexibility index (Phi) is 9.51. The lowest BCUT2D eigenvalue weighted by atomic mass is 9.81.